The van der Waals surface area contributed by atoms with Crippen LogP contribution < -0.4 is 19.8 Å². The number of methoxy groups -OCH3 is 1. The van der Waals surface area contributed by atoms with E-state index in [0.717, 1.165) is 29.0 Å². The Balaban J connectivity index is 1.23. The maximum absolute atomic E-state index is 11.3. The van der Waals surface area contributed by atoms with Gasteiger partial charge in [0, 0.05) is 30.5 Å². The second-order valence-corrected chi connectivity index (χ2v) is 6.59. The summed E-state index contributed by atoms with van der Waals surface area (Å²) in [4.78, 5) is 11.3. The fourth-order valence-corrected chi connectivity index (χ4v) is 2.89. The quantitative estimate of drug-likeness (QED) is 0.310. The molecule has 0 radical (unpaired) electrons. The van der Waals surface area contributed by atoms with E-state index < -0.39 is 0 Å². The highest BCUT2D eigenvalue weighted by Crippen LogP contribution is 2.20. The van der Waals surface area contributed by atoms with Crippen molar-refractivity contribution in [2.24, 2.45) is 0 Å². The molecule has 2 aromatic heterocycles. The van der Waals surface area contributed by atoms with E-state index in [1.165, 1.54) is 6.07 Å². The Labute approximate surface area is 172 Å². The van der Waals surface area contributed by atoms with Crippen molar-refractivity contribution in [1.29, 1.82) is 0 Å². The van der Waals surface area contributed by atoms with Crippen molar-refractivity contribution >= 4 is 11.0 Å². The minimum atomic E-state index is -0.377. The van der Waals surface area contributed by atoms with Gasteiger partial charge >= 0.3 is 5.63 Å². The number of fused-ring (bicyclic) bond motifs is 1. The predicted octanol–water partition coefficient (Wildman–Crippen LogP) is 3.44. The first kappa shape index (κ1) is 19.5. The Bertz CT molecular complexity index is 1170. The molecule has 0 amide bonds. The van der Waals surface area contributed by atoms with Crippen LogP contribution in [0.15, 0.2) is 70.0 Å². The van der Waals surface area contributed by atoms with Crippen LogP contribution in [-0.2, 0) is 13.2 Å². The van der Waals surface area contributed by atoms with E-state index in [1.807, 2.05) is 42.6 Å². The third-order valence-corrected chi connectivity index (χ3v) is 4.43. The van der Waals surface area contributed by atoms with Crippen LogP contribution >= 0.6 is 0 Å². The molecule has 4 rings (SSSR count). The molecule has 0 atom stereocenters. The van der Waals surface area contributed by atoms with Gasteiger partial charge in [0.15, 0.2) is 0 Å². The molecular formula is C22H21N3O5. The Morgan fingerprint density at radius 2 is 1.73 bits per heavy atom. The molecule has 0 saturated heterocycles. The number of hydrogen-bond donors (Lipinski definition) is 0. The van der Waals surface area contributed by atoms with Crippen molar-refractivity contribution in [3.8, 4) is 17.2 Å². The van der Waals surface area contributed by atoms with Crippen LogP contribution in [-0.4, -0.2) is 28.7 Å². The molecule has 8 nitrogen and oxygen atoms in total. The first-order valence-electron chi connectivity index (χ1n) is 9.52. The summed E-state index contributed by atoms with van der Waals surface area (Å²) < 4.78 is 23.5. The minimum Gasteiger partial charge on any atom is -0.497 e. The molecule has 0 aliphatic rings. The standard InChI is InChI=1S/C22H21N3O5/c1-27-18-6-8-19(9-7-18)29-15-17-14-25(24-23-17)11-2-12-28-20-5-3-16-4-10-22(26)30-21(16)13-20/h3-10,13-14H,2,11-12,15H2,1H3. The normalized spacial score (nSPS) is 10.8. The largest absolute Gasteiger partial charge is 0.497 e. The second-order valence-electron chi connectivity index (χ2n) is 6.59. The maximum Gasteiger partial charge on any atom is 0.336 e. The van der Waals surface area contributed by atoms with Crippen LogP contribution in [0.1, 0.15) is 12.1 Å². The first-order chi connectivity index (χ1) is 14.7. The number of ether oxygens (including phenoxy) is 3. The van der Waals surface area contributed by atoms with Crippen molar-refractivity contribution in [1.82, 2.24) is 15.0 Å². The van der Waals surface area contributed by atoms with Gasteiger partial charge in [0.2, 0.25) is 0 Å². The Hall–Kier alpha value is -3.81. The Morgan fingerprint density at radius 3 is 2.57 bits per heavy atom. The molecule has 0 spiro atoms. The molecule has 154 valence electrons. The van der Waals surface area contributed by atoms with Gasteiger partial charge in [-0.05, 0) is 42.5 Å². The lowest BCUT2D eigenvalue weighted by Crippen LogP contribution is -2.05. The van der Waals surface area contributed by atoms with Gasteiger partial charge in [0.05, 0.1) is 19.9 Å². The van der Waals surface area contributed by atoms with Crippen LogP contribution in [0.25, 0.3) is 11.0 Å². The second kappa shape index (κ2) is 9.13. The van der Waals surface area contributed by atoms with Gasteiger partial charge in [0.1, 0.15) is 35.1 Å². The van der Waals surface area contributed by atoms with Crippen molar-refractivity contribution in [3.63, 3.8) is 0 Å². The van der Waals surface area contributed by atoms with Crippen molar-refractivity contribution in [3.05, 3.63) is 76.9 Å². The van der Waals surface area contributed by atoms with Crippen LogP contribution in [0.5, 0.6) is 17.2 Å². The third kappa shape index (κ3) is 4.96. The summed E-state index contributed by atoms with van der Waals surface area (Å²) in [5, 5.41) is 9.09. The zero-order valence-corrected chi connectivity index (χ0v) is 16.5. The fourth-order valence-electron chi connectivity index (χ4n) is 2.89. The highest BCUT2D eigenvalue weighted by Gasteiger charge is 2.04. The summed E-state index contributed by atoms with van der Waals surface area (Å²) in [6.45, 7) is 1.50. The monoisotopic (exact) mass is 407 g/mol. The van der Waals surface area contributed by atoms with Gasteiger partial charge < -0.3 is 18.6 Å². The van der Waals surface area contributed by atoms with E-state index in [2.05, 4.69) is 10.3 Å². The number of benzene rings is 2. The highest BCUT2D eigenvalue weighted by atomic mass is 16.5. The van der Waals surface area contributed by atoms with Crippen molar-refractivity contribution < 1.29 is 18.6 Å². The van der Waals surface area contributed by atoms with Gasteiger partial charge in [-0.3, -0.25) is 4.68 Å². The summed E-state index contributed by atoms with van der Waals surface area (Å²) in [5.74, 6) is 2.18. The fraction of sp³-hybridized carbons (Fsp3) is 0.227. The first-order valence-corrected chi connectivity index (χ1v) is 9.52. The molecule has 0 fully saturated rings. The zero-order chi connectivity index (χ0) is 20.8. The average molecular weight is 407 g/mol. The minimum absolute atomic E-state index is 0.338. The molecule has 30 heavy (non-hydrogen) atoms. The Morgan fingerprint density at radius 1 is 0.967 bits per heavy atom. The summed E-state index contributed by atoms with van der Waals surface area (Å²) in [5.41, 5.74) is 0.881. The molecule has 0 saturated carbocycles. The third-order valence-electron chi connectivity index (χ3n) is 4.43. The number of hydrogen-bond acceptors (Lipinski definition) is 7. The number of nitrogens with zero attached hydrogens (tertiary/aromatic N) is 3. The van der Waals surface area contributed by atoms with Gasteiger partial charge in [-0.1, -0.05) is 5.21 Å². The maximum atomic E-state index is 11.3. The topological polar surface area (TPSA) is 88.6 Å². The molecule has 2 heterocycles. The van der Waals surface area contributed by atoms with E-state index >= 15 is 0 Å². The molecule has 2 aromatic carbocycles. The van der Waals surface area contributed by atoms with E-state index in [9.17, 15) is 4.79 Å². The highest BCUT2D eigenvalue weighted by molar-refractivity contribution is 5.77. The van der Waals surface area contributed by atoms with Crippen molar-refractivity contribution in [2.45, 2.75) is 19.6 Å². The van der Waals surface area contributed by atoms with E-state index in [1.54, 1.807) is 23.9 Å². The molecule has 0 aliphatic carbocycles. The van der Waals surface area contributed by atoms with E-state index in [4.69, 9.17) is 18.6 Å². The SMILES string of the molecule is COc1ccc(OCc2cn(CCCOc3ccc4ccc(=O)oc4c3)nn2)cc1. The van der Waals surface area contributed by atoms with Gasteiger partial charge in [-0.25, -0.2) is 4.79 Å². The molecular weight excluding hydrogens is 386 g/mol. The van der Waals surface area contributed by atoms with Gasteiger partial charge in [-0.15, -0.1) is 5.10 Å². The summed E-state index contributed by atoms with van der Waals surface area (Å²) in [7, 11) is 1.63. The number of rotatable bonds is 9. The molecule has 0 bridgehead atoms. The molecule has 8 heteroatoms. The van der Waals surface area contributed by atoms with Crippen LogP contribution in [0, 0.1) is 0 Å². The summed E-state index contributed by atoms with van der Waals surface area (Å²) >= 11 is 0. The molecule has 0 aliphatic heterocycles. The lowest BCUT2D eigenvalue weighted by atomic mass is 10.2. The van der Waals surface area contributed by atoms with Crippen LogP contribution in [0.2, 0.25) is 0 Å². The van der Waals surface area contributed by atoms with E-state index in [0.29, 0.717) is 31.1 Å². The number of aryl methyl sites for hydroxylation is 1. The van der Waals surface area contributed by atoms with E-state index in [-0.39, 0.29) is 5.63 Å². The molecule has 0 N–H and O–H groups in total. The van der Waals surface area contributed by atoms with Crippen LogP contribution in [0.4, 0.5) is 0 Å². The lowest BCUT2D eigenvalue weighted by Gasteiger charge is -2.06. The summed E-state index contributed by atoms with van der Waals surface area (Å²) in [6.07, 6.45) is 2.60. The zero-order valence-electron chi connectivity index (χ0n) is 16.5. The summed E-state index contributed by atoms with van der Waals surface area (Å²) in [6, 6.07) is 15.9. The number of aromatic nitrogens is 3. The predicted molar refractivity (Wildman–Crippen MR) is 110 cm³/mol. The Kier molecular flexibility index (Phi) is 5.93. The van der Waals surface area contributed by atoms with Crippen LogP contribution in [0.3, 0.4) is 0 Å². The van der Waals surface area contributed by atoms with Gasteiger partial charge in [-0.2, -0.15) is 0 Å². The molecule has 0 unspecified atom stereocenters. The smallest absolute Gasteiger partial charge is 0.336 e. The average Bonchev–Trinajstić information content (AvgIpc) is 3.23. The lowest BCUT2D eigenvalue weighted by molar-refractivity contribution is 0.297. The van der Waals surface area contributed by atoms with Gasteiger partial charge in [0.25, 0.3) is 0 Å². The van der Waals surface area contributed by atoms with Crippen molar-refractivity contribution in [2.75, 3.05) is 13.7 Å². The molecule has 4 aromatic rings.